The van der Waals surface area contributed by atoms with Crippen LogP contribution >= 0.6 is 0 Å². The molecule has 0 aliphatic carbocycles. The van der Waals surface area contributed by atoms with Gasteiger partial charge in [-0.15, -0.1) is 0 Å². The molecule has 0 unspecified atom stereocenters. The van der Waals surface area contributed by atoms with Crippen LogP contribution in [0.1, 0.15) is 21.5 Å². The normalized spacial score (nSPS) is 10.3. The molecule has 1 heterocycles. The summed E-state index contributed by atoms with van der Waals surface area (Å²) in [5.74, 6) is 0.250. The highest BCUT2D eigenvalue weighted by atomic mass is 16.1. The van der Waals surface area contributed by atoms with Crippen LogP contribution in [0, 0.1) is 6.92 Å². The number of benzene rings is 2. The van der Waals surface area contributed by atoms with E-state index in [-0.39, 0.29) is 5.91 Å². The van der Waals surface area contributed by atoms with Crippen LogP contribution in [0.4, 0.5) is 17.3 Å². The molecule has 0 bridgehead atoms. The highest BCUT2D eigenvalue weighted by Gasteiger charge is 2.08. The van der Waals surface area contributed by atoms with Crippen molar-refractivity contribution in [1.29, 1.82) is 0 Å². The van der Waals surface area contributed by atoms with E-state index in [2.05, 4.69) is 51.8 Å². The number of hydrogen-bond donors (Lipinski definition) is 2. The number of aromatic nitrogens is 2. The van der Waals surface area contributed by atoms with Crippen molar-refractivity contribution in [2.24, 2.45) is 0 Å². The molecule has 2 aromatic carbocycles. The van der Waals surface area contributed by atoms with Crippen LogP contribution in [0.5, 0.6) is 0 Å². The van der Waals surface area contributed by atoms with Gasteiger partial charge in [0.1, 0.15) is 0 Å². The summed E-state index contributed by atoms with van der Waals surface area (Å²) >= 11 is 0. The van der Waals surface area contributed by atoms with Crippen LogP contribution in [0.3, 0.4) is 0 Å². The SMILES string of the molecule is Cc1ccc(CNc2ncc(C(=O)Nc3ccc(N(C)C)cc3)cn2)cc1. The van der Waals surface area contributed by atoms with E-state index in [0.717, 1.165) is 16.9 Å². The van der Waals surface area contributed by atoms with Crippen molar-refractivity contribution in [3.05, 3.63) is 77.6 Å². The number of carbonyl (C=O) groups excluding carboxylic acids is 1. The van der Waals surface area contributed by atoms with E-state index >= 15 is 0 Å². The first kappa shape index (κ1) is 18.4. The summed E-state index contributed by atoms with van der Waals surface area (Å²) in [6.45, 7) is 2.69. The Kier molecular flexibility index (Phi) is 5.66. The predicted octanol–water partition coefficient (Wildman–Crippen LogP) is 3.72. The number of hydrogen-bond acceptors (Lipinski definition) is 5. The summed E-state index contributed by atoms with van der Waals surface area (Å²) in [6, 6.07) is 15.9. The third-order valence-corrected chi connectivity index (χ3v) is 4.13. The summed E-state index contributed by atoms with van der Waals surface area (Å²) in [5.41, 5.74) is 4.58. The Morgan fingerprint density at radius 3 is 2.19 bits per heavy atom. The highest BCUT2D eigenvalue weighted by Crippen LogP contribution is 2.16. The lowest BCUT2D eigenvalue weighted by atomic mass is 10.1. The minimum Gasteiger partial charge on any atom is -0.378 e. The zero-order valence-electron chi connectivity index (χ0n) is 15.7. The van der Waals surface area contributed by atoms with Crippen LogP contribution < -0.4 is 15.5 Å². The molecule has 0 fully saturated rings. The molecular weight excluding hydrogens is 338 g/mol. The molecule has 0 radical (unpaired) electrons. The summed E-state index contributed by atoms with van der Waals surface area (Å²) in [5, 5.41) is 6.00. The second-order valence-electron chi connectivity index (χ2n) is 6.53. The lowest BCUT2D eigenvalue weighted by Crippen LogP contribution is -2.14. The second-order valence-corrected chi connectivity index (χ2v) is 6.53. The van der Waals surface area contributed by atoms with Gasteiger partial charge in [-0.3, -0.25) is 4.79 Å². The zero-order valence-corrected chi connectivity index (χ0v) is 15.7. The molecule has 6 nitrogen and oxygen atoms in total. The first-order chi connectivity index (χ1) is 13.0. The van der Waals surface area contributed by atoms with Crippen LogP contribution in [0.15, 0.2) is 60.9 Å². The monoisotopic (exact) mass is 361 g/mol. The van der Waals surface area contributed by atoms with E-state index in [0.29, 0.717) is 18.1 Å². The Labute approximate surface area is 159 Å². The molecule has 0 aliphatic heterocycles. The topological polar surface area (TPSA) is 70.2 Å². The molecule has 6 heteroatoms. The molecule has 0 atom stereocenters. The molecule has 3 rings (SSSR count). The average Bonchev–Trinajstić information content (AvgIpc) is 2.68. The van der Waals surface area contributed by atoms with Crippen molar-refractivity contribution in [2.45, 2.75) is 13.5 Å². The third kappa shape index (κ3) is 5.04. The van der Waals surface area contributed by atoms with Crippen molar-refractivity contribution in [1.82, 2.24) is 9.97 Å². The molecule has 0 spiro atoms. The van der Waals surface area contributed by atoms with Crippen molar-refractivity contribution in [3.63, 3.8) is 0 Å². The van der Waals surface area contributed by atoms with E-state index in [1.54, 1.807) is 0 Å². The maximum absolute atomic E-state index is 12.3. The van der Waals surface area contributed by atoms with Crippen molar-refractivity contribution >= 4 is 23.2 Å². The van der Waals surface area contributed by atoms with Gasteiger partial charge in [0.15, 0.2) is 0 Å². The summed E-state index contributed by atoms with van der Waals surface area (Å²) in [4.78, 5) is 22.8. The maximum Gasteiger partial charge on any atom is 0.258 e. The van der Waals surface area contributed by atoms with Gasteiger partial charge in [0.25, 0.3) is 5.91 Å². The number of amides is 1. The largest absolute Gasteiger partial charge is 0.378 e. The highest BCUT2D eigenvalue weighted by molar-refractivity contribution is 6.03. The summed E-state index contributed by atoms with van der Waals surface area (Å²) < 4.78 is 0. The van der Waals surface area contributed by atoms with Crippen LogP contribution in [-0.2, 0) is 6.54 Å². The van der Waals surface area contributed by atoms with Crippen molar-refractivity contribution in [3.8, 4) is 0 Å². The molecule has 138 valence electrons. The van der Waals surface area contributed by atoms with Crippen LogP contribution in [0.25, 0.3) is 0 Å². The van der Waals surface area contributed by atoms with Crippen molar-refractivity contribution < 1.29 is 4.79 Å². The molecule has 3 aromatic rings. The summed E-state index contributed by atoms with van der Waals surface area (Å²) in [7, 11) is 3.94. The number of aryl methyl sites for hydroxylation is 1. The van der Waals surface area contributed by atoms with Gasteiger partial charge in [-0.2, -0.15) is 0 Å². The third-order valence-electron chi connectivity index (χ3n) is 4.13. The first-order valence-electron chi connectivity index (χ1n) is 8.71. The van der Waals surface area contributed by atoms with Gasteiger partial charge in [0, 0.05) is 44.4 Å². The van der Waals surface area contributed by atoms with Gasteiger partial charge in [0.05, 0.1) is 5.56 Å². The minimum absolute atomic E-state index is 0.238. The first-order valence-corrected chi connectivity index (χ1v) is 8.71. The molecule has 1 amide bonds. The molecule has 1 aromatic heterocycles. The lowest BCUT2D eigenvalue weighted by Gasteiger charge is -2.13. The molecule has 0 aliphatic rings. The maximum atomic E-state index is 12.3. The van der Waals surface area contributed by atoms with Gasteiger partial charge < -0.3 is 15.5 Å². The molecule has 2 N–H and O–H groups in total. The van der Waals surface area contributed by atoms with E-state index in [1.807, 2.05) is 43.3 Å². The molecule has 0 saturated heterocycles. The van der Waals surface area contributed by atoms with E-state index in [9.17, 15) is 4.79 Å². The Morgan fingerprint density at radius 1 is 0.963 bits per heavy atom. The quantitative estimate of drug-likeness (QED) is 0.700. The summed E-state index contributed by atoms with van der Waals surface area (Å²) in [6.07, 6.45) is 3.04. The number of carbonyl (C=O) groups is 1. The average molecular weight is 361 g/mol. The Bertz CT molecular complexity index is 887. The van der Waals surface area contributed by atoms with Gasteiger partial charge in [-0.25, -0.2) is 9.97 Å². The number of anilines is 3. The van der Waals surface area contributed by atoms with E-state index in [4.69, 9.17) is 0 Å². The van der Waals surface area contributed by atoms with E-state index < -0.39 is 0 Å². The smallest absolute Gasteiger partial charge is 0.258 e. The van der Waals surface area contributed by atoms with Crippen molar-refractivity contribution in [2.75, 3.05) is 29.6 Å². The Hall–Kier alpha value is -3.41. The lowest BCUT2D eigenvalue weighted by molar-refractivity contribution is 0.102. The number of nitrogens with zero attached hydrogens (tertiary/aromatic N) is 3. The van der Waals surface area contributed by atoms with Crippen LogP contribution in [-0.4, -0.2) is 30.0 Å². The molecule has 0 saturated carbocycles. The van der Waals surface area contributed by atoms with Gasteiger partial charge >= 0.3 is 0 Å². The van der Waals surface area contributed by atoms with Gasteiger partial charge in [-0.05, 0) is 36.8 Å². The molecular formula is C21H23N5O. The fourth-order valence-corrected chi connectivity index (χ4v) is 2.47. The second kappa shape index (κ2) is 8.31. The van der Waals surface area contributed by atoms with E-state index in [1.165, 1.54) is 18.0 Å². The Morgan fingerprint density at radius 2 is 1.59 bits per heavy atom. The standard InChI is InChI=1S/C21H23N5O/c1-15-4-6-16(7-5-15)12-22-21-23-13-17(14-24-21)20(27)25-18-8-10-19(11-9-18)26(2)3/h4-11,13-14H,12H2,1-3H3,(H,25,27)(H,22,23,24). The number of nitrogens with one attached hydrogen (secondary N) is 2. The van der Waals surface area contributed by atoms with Gasteiger partial charge in [-0.1, -0.05) is 29.8 Å². The van der Waals surface area contributed by atoms with Crippen LogP contribution in [0.2, 0.25) is 0 Å². The minimum atomic E-state index is -0.238. The number of rotatable bonds is 6. The zero-order chi connectivity index (χ0) is 19.2. The fraction of sp³-hybridized carbons (Fsp3) is 0.190. The van der Waals surface area contributed by atoms with Gasteiger partial charge in [0.2, 0.25) is 5.95 Å². The fourth-order valence-electron chi connectivity index (χ4n) is 2.47. The Balaban J connectivity index is 1.57. The molecule has 27 heavy (non-hydrogen) atoms. The predicted molar refractivity (Wildman–Crippen MR) is 109 cm³/mol.